The highest BCUT2D eigenvalue weighted by molar-refractivity contribution is 7.09. The molecule has 146 valence electrons. The average Bonchev–Trinajstić information content (AvgIpc) is 3.38. The molecule has 4 rings (SSSR count). The van der Waals surface area contributed by atoms with Crippen molar-refractivity contribution in [1.82, 2.24) is 25.0 Å². The fraction of sp³-hybridized carbons (Fsp3) is 0.381. The number of aromatic nitrogens is 3. The molecule has 0 spiro atoms. The molecule has 7 heteroatoms. The van der Waals surface area contributed by atoms with E-state index in [-0.39, 0.29) is 5.91 Å². The number of aryl methyl sites for hydroxylation is 1. The van der Waals surface area contributed by atoms with Crippen LogP contribution in [0.1, 0.15) is 28.1 Å². The van der Waals surface area contributed by atoms with Crippen LogP contribution >= 0.6 is 11.3 Å². The summed E-state index contributed by atoms with van der Waals surface area (Å²) in [6.07, 6.45) is 9.43. The van der Waals surface area contributed by atoms with Gasteiger partial charge in [0.1, 0.15) is 0 Å². The van der Waals surface area contributed by atoms with Gasteiger partial charge in [0.15, 0.2) is 0 Å². The van der Waals surface area contributed by atoms with Crippen molar-refractivity contribution in [3.05, 3.63) is 58.8 Å². The van der Waals surface area contributed by atoms with E-state index in [1.165, 1.54) is 11.3 Å². The number of thiophene rings is 1. The molecule has 1 saturated heterocycles. The quantitative estimate of drug-likeness (QED) is 0.696. The van der Waals surface area contributed by atoms with Gasteiger partial charge >= 0.3 is 0 Å². The number of hydrogen-bond acceptors (Lipinski definition) is 5. The van der Waals surface area contributed by atoms with Crippen molar-refractivity contribution >= 4 is 17.2 Å². The average molecular weight is 396 g/mol. The molecule has 4 heterocycles. The van der Waals surface area contributed by atoms with E-state index in [4.69, 9.17) is 0 Å². The van der Waals surface area contributed by atoms with Gasteiger partial charge < -0.3 is 5.32 Å². The van der Waals surface area contributed by atoms with Gasteiger partial charge in [-0.05, 0) is 42.8 Å². The molecular formula is C21H25N5OS. The smallest absolute Gasteiger partial charge is 0.252 e. The third-order valence-electron chi connectivity index (χ3n) is 5.15. The Morgan fingerprint density at radius 1 is 1.32 bits per heavy atom. The minimum atomic E-state index is -0.0615. The van der Waals surface area contributed by atoms with Crippen LogP contribution in [-0.4, -0.2) is 45.2 Å². The van der Waals surface area contributed by atoms with Crippen molar-refractivity contribution in [2.75, 3.05) is 19.6 Å². The maximum Gasteiger partial charge on any atom is 0.252 e. The molecular weight excluding hydrogens is 370 g/mol. The number of piperidine rings is 1. The Morgan fingerprint density at radius 2 is 2.25 bits per heavy atom. The first kappa shape index (κ1) is 18.8. The van der Waals surface area contributed by atoms with Crippen molar-refractivity contribution in [2.45, 2.75) is 19.4 Å². The van der Waals surface area contributed by atoms with Crippen LogP contribution < -0.4 is 5.32 Å². The van der Waals surface area contributed by atoms with Gasteiger partial charge in [0.2, 0.25) is 0 Å². The van der Waals surface area contributed by atoms with E-state index < -0.39 is 0 Å². The van der Waals surface area contributed by atoms with Gasteiger partial charge in [-0.25, -0.2) is 0 Å². The number of rotatable bonds is 6. The molecule has 0 saturated carbocycles. The van der Waals surface area contributed by atoms with Crippen molar-refractivity contribution in [3.63, 3.8) is 0 Å². The van der Waals surface area contributed by atoms with Gasteiger partial charge in [-0.1, -0.05) is 6.07 Å². The van der Waals surface area contributed by atoms with E-state index in [1.807, 2.05) is 30.6 Å². The number of hydrogen-bond donors (Lipinski definition) is 1. The Labute approximate surface area is 169 Å². The van der Waals surface area contributed by atoms with E-state index in [0.717, 1.165) is 37.2 Å². The summed E-state index contributed by atoms with van der Waals surface area (Å²) in [6.45, 7) is 3.89. The first-order valence-electron chi connectivity index (χ1n) is 9.64. The van der Waals surface area contributed by atoms with Crippen molar-refractivity contribution in [2.24, 2.45) is 13.0 Å². The topological polar surface area (TPSA) is 63.1 Å². The summed E-state index contributed by atoms with van der Waals surface area (Å²) in [5, 5.41) is 9.42. The standard InChI is InChI=1S/C21H25N5OS/c1-25-14-19(12-24-25)17-8-18(11-22-10-17)21(27)23-9-16-4-2-6-26(13-16)15-20-5-3-7-28-20/h3,5,7-8,10-12,14,16H,2,4,6,9,13,15H2,1H3,(H,23,27). The van der Waals surface area contributed by atoms with Crippen molar-refractivity contribution in [1.29, 1.82) is 0 Å². The molecule has 0 bridgehead atoms. The van der Waals surface area contributed by atoms with Gasteiger partial charge in [-0.3, -0.25) is 19.4 Å². The maximum atomic E-state index is 12.6. The summed E-state index contributed by atoms with van der Waals surface area (Å²) >= 11 is 1.81. The second-order valence-electron chi connectivity index (χ2n) is 7.40. The maximum absolute atomic E-state index is 12.6. The molecule has 0 radical (unpaired) electrons. The Kier molecular flexibility index (Phi) is 5.83. The summed E-state index contributed by atoms with van der Waals surface area (Å²) in [7, 11) is 1.87. The predicted molar refractivity (Wildman–Crippen MR) is 111 cm³/mol. The lowest BCUT2D eigenvalue weighted by molar-refractivity contribution is 0.0930. The number of nitrogens with zero attached hydrogens (tertiary/aromatic N) is 4. The van der Waals surface area contributed by atoms with E-state index in [1.54, 1.807) is 23.3 Å². The first-order chi connectivity index (χ1) is 13.7. The van der Waals surface area contributed by atoms with Crippen LogP contribution in [-0.2, 0) is 13.6 Å². The zero-order valence-corrected chi connectivity index (χ0v) is 16.9. The van der Waals surface area contributed by atoms with Crippen molar-refractivity contribution in [3.8, 4) is 11.1 Å². The molecule has 1 amide bonds. The van der Waals surface area contributed by atoms with Crippen LogP contribution in [0.4, 0.5) is 0 Å². The minimum absolute atomic E-state index is 0.0615. The lowest BCUT2D eigenvalue weighted by Gasteiger charge is -2.32. The number of pyridine rings is 1. The first-order valence-corrected chi connectivity index (χ1v) is 10.5. The molecule has 1 aliphatic rings. The molecule has 1 atom stereocenters. The molecule has 1 N–H and O–H groups in total. The van der Waals surface area contributed by atoms with E-state index in [9.17, 15) is 4.79 Å². The molecule has 1 aliphatic heterocycles. The van der Waals surface area contributed by atoms with Gasteiger partial charge in [-0.2, -0.15) is 5.10 Å². The highest BCUT2D eigenvalue weighted by atomic mass is 32.1. The summed E-state index contributed by atoms with van der Waals surface area (Å²) in [5.74, 6) is 0.431. The molecule has 3 aromatic rings. The highest BCUT2D eigenvalue weighted by Gasteiger charge is 2.21. The highest BCUT2D eigenvalue weighted by Crippen LogP contribution is 2.21. The fourth-order valence-electron chi connectivity index (χ4n) is 3.72. The van der Waals surface area contributed by atoms with Crippen LogP contribution in [0.2, 0.25) is 0 Å². The molecule has 3 aromatic heterocycles. The normalized spacial score (nSPS) is 17.5. The SMILES string of the molecule is Cn1cc(-c2cncc(C(=O)NCC3CCCN(Cc4cccs4)C3)c2)cn1. The summed E-state index contributed by atoms with van der Waals surface area (Å²) in [4.78, 5) is 20.8. The Morgan fingerprint density at radius 3 is 3.04 bits per heavy atom. The van der Waals surface area contributed by atoms with Crippen LogP contribution in [0.15, 0.2) is 48.4 Å². The second-order valence-corrected chi connectivity index (χ2v) is 8.43. The number of carbonyl (C=O) groups excluding carboxylic acids is 1. The zero-order valence-electron chi connectivity index (χ0n) is 16.0. The molecule has 0 aliphatic carbocycles. The third kappa shape index (κ3) is 4.66. The van der Waals surface area contributed by atoms with E-state index in [0.29, 0.717) is 18.0 Å². The van der Waals surface area contributed by atoms with Gasteiger partial charge in [-0.15, -0.1) is 11.3 Å². The van der Waals surface area contributed by atoms with E-state index >= 15 is 0 Å². The predicted octanol–water partition coefficient (Wildman–Crippen LogP) is 3.19. The number of likely N-dealkylation sites (tertiary alicyclic amines) is 1. The lowest BCUT2D eigenvalue weighted by Crippen LogP contribution is -2.40. The van der Waals surface area contributed by atoms with Gasteiger partial charge in [0, 0.05) is 61.3 Å². The molecule has 0 aromatic carbocycles. The molecule has 6 nitrogen and oxygen atoms in total. The van der Waals surface area contributed by atoms with Crippen LogP contribution in [0.3, 0.4) is 0 Å². The summed E-state index contributed by atoms with van der Waals surface area (Å²) in [6, 6.07) is 6.18. The van der Waals surface area contributed by atoms with Crippen LogP contribution in [0, 0.1) is 5.92 Å². The number of nitrogens with one attached hydrogen (secondary N) is 1. The van der Waals surface area contributed by atoms with E-state index in [2.05, 4.69) is 37.8 Å². The third-order valence-corrected chi connectivity index (χ3v) is 6.01. The number of amides is 1. The molecule has 1 unspecified atom stereocenters. The zero-order chi connectivity index (χ0) is 19.3. The number of carbonyl (C=O) groups is 1. The summed E-state index contributed by atoms with van der Waals surface area (Å²) < 4.78 is 1.74. The second kappa shape index (κ2) is 8.67. The van der Waals surface area contributed by atoms with Crippen LogP contribution in [0.5, 0.6) is 0 Å². The van der Waals surface area contributed by atoms with Crippen molar-refractivity contribution < 1.29 is 4.79 Å². The monoisotopic (exact) mass is 395 g/mol. The Bertz CT molecular complexity index is 921. The Balaban J connectivity index is 1.32. The minimum Gasteiger partial charge on any atom is -0.352 e. The van der Waals surface area contributed by atoms with Gasteiger partial charge in [0.25, 0.3) is 5.91 Å². The Hall–Kier alpha value is -2.51. The summed E-state index contributed by atoms with van der Waals surface area (Å²) in [5.41, 5.74) is 2.45. The van der Waals surface area contributed by atoms with Gasteiger partial charge in [0.05, 0.1) is 11.8 Å². The molecule has 1 fully saturated rings. The van der Waals surface area contributed by atoms with Crippen LogP contribution in [0.25, 0.3) is 11.1 Å². The fourth-order valence-corrected chi connectivity index (χ4v) is 4.46. The molecule has 28 heavy (non-hydrogen) atoms. The lowest BCUT2D eigenvalue weighted by atomic mass is 9.97. The largest absolute Gasteiger partial charge is 0.352 e.